The first-order chi connectivity index (χ1) is 8.49. The largest absolute Gasteiger partial charge is 0.384 e. The van der Waals surface area contributed by atoms with Gasteiger partial charge in [0.05, 0.1) is 8.95 Å². The molecule has 0 aromatic heterocycles. The normalized spacial score (nSPS) is 11.0. The number of benzene rings is 2. The van der Waals surface area contributed by atoms with Gasteiger partial charge in [0.1, 0.15) is 17.7 Å². The van der Waals surface area contributed by atoms with Crippen LogP contribution in [0.3, 0.4) is 0 Å². The van der Waals surface area contributed by atoms with E-state index >= 15 is 0 Å². The van der Waals surface area contributed by atoms with E-state index < -0.39 is 17.7 Å². The molecular formula is C13H8Br2F2O. The fraction of sp³-hybridized carbons (Fsp3) is 0.0769. The Balaban J connectivity index is 2.37. The van der Waals surface area contributed by atoms with Gasteiger partial charge in [-0.3, -0.25) is 0 Å². The number of aliphatic hydroxyl groups is 1. The lowest BCUT2D eigenvalue weighted by atomic mass is 10.0. The van der Waals surface area contributed by atoms with Crippen LogP contribution in [-0.2, 0) is 0 Å². The Morgan fingerprint density at radius 2 is 1.22 bits per heavy atom. The maximum atomic E-state index is 13.1. The molecule has 18 heavy (non-hydrogen) atoms. The topological polar surface area (TPSA) is 20.2 Å². The van der Waals surface area contributed by atoms with Gasteiger partial charge in [-0.25, -0.2) is 8.78 Å². The van der Waals surface area contributed by atoms with Gasteiger partial charge in [0.15, 0.2) is 0 Å². The van der Waals surface area contributed by atoms with Crippen LogP contribution < -0.4 is 0 Å². The summed E-state index contributed by atoms with van der Waals surface area (Å²) < 4.78 is 26.7. The minimum Gasteiger partial charge on any atom is -0.384 e. The highest BCUT2D eigenvalue weighted by atomic mass is 79.9. The van der Waals surface area contributed by atoms with Gasteiger partial charge in [0.2, 0.25) is 0 Å². The molecule has 0 saturated heterocycles. The van der Waals surface area contributed by atoms with Crippen molar-refractivity contribution in [2.45, 2.75) is 6.10 Å². The second kappa shape index (κ2) is 5.47. The molecule has 0 saturated carbocycles. The monoisotopic (exact) mass is 376 g/mol. The van der Waals surface area contributed by atoms with Crippen molar-refractivity contribution in [2.75, 3.05) is 0 Å². The van der Waals surface area contributed by atoms with Crippen LogP contribution in [0.2, 0.25) is 0 Å². The molecule has 1 nitrogen and oxygen atoms in total. The van der Waals surface area contributed by atoms with Crippen molar-refractivity contribution >= 4 is 31.9 Å². The summed E-state index contributed by atoms with van der Waals surface area (Å²) in [6.45, 7) is 0. The van der Waals surface area contributed by atoms with E-state index in [1.165, 1.54) is 36.4 Å². The number of aliphatic hydroxyl groups excluding tert-OH is 1. The summed E-state index contributed by atoms with van der Waals surface area (Å²) >= 11 is 6.12. The quantitative estimate of drug-likeness (QED) is 0.812. The Morgan fingerprint density at radius 1 is 0.833 bits per heavy atom. The summed E-state index contributed by atoms with van der Waals surface area (Å²) in [6.07, 6.45) is -0.932. The molecule has 94 valence electrons. The summed E-state index contributed by atoms with van der Waals surface area (Å²) in [5, 5.41) is 10.1. The molecular weight excluding hydrogens is 370 g/mol. The van der Waals surface area contributed by atoms with Crippen LogP contribution in [0.1, 0.15) is 17.2 Å². The summed E-state index contributed by atoms with van der Waals surface area (Å²) in [5.74, 6) is -0.794. The Morgan fingerprint density at radius 3 is 1.56 bits per heavy atom. The van der Waals surface area contributed by atoms with Crippen molar-refractivity contribution in [3.05, 3.63) is 68.1 Å². The van der Waals surface area contributed by atoms with E-state index in [4.69, 9.17) is 0 Å². The van der Waals surface area contributed by atoms with Crippen LogP contribution in [-0.4, -0.2) is 5.11 Å². The first kappa shape index (κ1) is 13.6. The fourth-order valence-electron chi connectivity index (χ4n) is 1.56. The number of rotatable bonds is 2. The van der Waals surface area contributed by atoms with Gasteiger partial charge in [-0.05, 0) is 67.3 Å². The van der Waals surface area contributed by atoms with E-state index in [0.717, 1.165) is 0 Å². The Labute approximate surface area is 120 Å². The lowest BCUT2D eigenvalue weighted by molar-refractivity contribution is 0.220. The van der Waals surface area contributed by atoms with Gasteiger partial charge in [-0.15, -0.1) is 0 Å². The first-order valence-electron chi connectivity index (χ1n) is 5.07. The number of hydrogen-bond acceptors (Lipinski definition) is 1. The van der Waals surface area contributed by atoms with E-state index in [-0.39, 0.29) is 8.95 Å². The third-order valence-electron chi connectivity index (χ3n) is 2.52. The minimum atomic E-state index is -0.932. The van der Waals surface area contributed by atoms with Gasteiger partial charge in [0.25, 0.3) is 0 Å². The zero-order valence-electron chi connectivity index (χ0n) is 9.00. The SMILES string of the molecule is OC(c1ccc(F)c(Br)c1)c1ccc(F)c(Br)c1. The maximum absolute atomic E-state index is 13.1. The summed E-state index contributed by atoms with van der Waals surface area (Å²) in [7, 11) is 0. The molecule has 2 aromatic carbocycles. The molecule has 0 aliphatic heterocycles. The van der Waals surface area contributed by atoms with Crippen molar-refractivity contribution in [3.8, 4) is 0 Å². The van der Waals surface area contributed by atoms with E-state index in [1.54, 1.807) is 0 Å². The highest BCUT2D eigenvalue weighted by Crippen LogP contribution is 2.28. The zero-order chi connectivity index (χ0) is 13.3. The van der Waals surface area contributed by atoms with Crippen LogP contribution in [0, 0.1) is 11.6 Å². The first-order valence-corrected chi connectivity index (χ1v) is 6.65. The molecule has 0 spiro atoms. The Hall–Kier alpha value is -0.780. The van der Waals surface area contributed by atoms with E-state index in [9.17, 15) is 13.9 Å². The van der Waals surface area contributed by atoms with Crippen LogP contribution >= 0.6 is 31.9 Å². The second-order valence-electron chi connectivity index (χ2n) is 3.75. The van der Waals surface area contributed by atoms with Crippen molar-refractivity contribution in [1.29, 1.82) is 0 Å². The molecule has 0 aliphatic carbocycles. The van der Waals surface area contributed by atoms with E-state index in [2.05, 4.69) is 31.9 Å². The van der Waals surface area contributed by atoms with E-state index in [1.807, 2.05) is 0 Å². The predicted molar refractivity (Wildman–Crippen MR) is 72.3 cm³/mol. The molecule has 0 amide bonds. The molecule has 0 heterocycles. The lowest BCUT2D eigenvalue weighted by Crippen LogP contribution is -2.00. The molecule has 0 atom stereocenters. The van der Waals surface area contributed by atoms with Gasteiger partial charge in [-0.2, -0.15) is 0 Å². The summed E-state index contributed by atoms with van der Waals surface area (Å²) in [4.78, 5) is 0. The molecule has 0 radical (unpaired) electrons. The third-order valence-corrected chi connectivity index (χ3v) is 3.73. The Kier molecular flexibility index (Phi) is 4.14. The highest BCUT2D eigenvalue weighted by Gasteiger charge is 2.13. The molecule has 2 aromatic rings. The Bertz CT molecular complexity index is 536. The lowest BCUT2D eigenvalue weighted by Gasteiger charge is -2.12. The molecule has 2 rings (SSSR count). The van der Waals surface area contributed by atoms with Crippen LogP contribution in [0.25, 0.3) is 0 Å². The van der Waals surface area contributed by atoms with Crippen molar-refractivity contribution in [3.63, 3.8) is 0 Å². The zero-order valence-corrected chi connectivity index (χ0v) is 12.2. The number of halogens is 4. The van der Waals surface area contributed by atoms with Gasteiger partial charge in [0, 0.05) is 0 Å². The smallest absolute Gasteiger partial charge is 0.137 e. The number of hydrogen-bond donors (Lipinski definition) is 1. The maximum Gasteiger partial charge on any atom is 0.137 e. The summed E-state index contributed by atoms with van der Waals surface area (Å²) in [5.41, 5.74) is 1.06. The predicted octanol–water partition coefficient (Wildman–Crippen LogP) is 4.57. The van der Waals surface area contributed by atoms with Crippen LogP contribution in [0.15, 0.2) is 45.3 Å². The van der Waals surface area contributed by atoms with Crippen molar-refractivity contribution in [2.24, 2.45) is 0 Å². The van der Waals surface area contributed by atoms with E-state index in [0.29, 0.717) is 11.1 Å². The molecule has 5 heteroatoms. The second-order valence-corrected chi connectivity index (χ2v) is 5.46. The van der Waals surface area contributed by atoms with Gasteiger partial charge in [-0.1, -0.05) is 12.1 Å². The highest BCUT2D eigenvalue weighted by molar-refractivity contribution is 9.10. The molecule has 0 aliphatic rings. The van der Waals surface area contributed by atoms with Crippen molar-refractivity contribution < 1.29 is 13.9 Å². The molecule has 0 unspecified atom stereocenters. The average molecular weight is 378 g/mol. The summed E-state index contributed by atoms with van der Waals surface area (Å²) in [6, 6.07) is 8.50. The minimum absolute atomic E-state index is 0.278. The van der Waals surface area contributed by atoms with Crippen LogP contribution in [0.4, 0.5) is 8.78 Å². The third kappa shape index (κ3) is 2.79. The van der Waals surface area contributed by atoms with Crippen molar-refractivity contribution in [1.82, 2.24) is 0 Å². The van der Waals surface area contributed by atoms with Gasteiger partial charge >= 0.3 is 0 Å². The van der Waals surface area contributed by atoms with Gasteiger partial charge < -0.3 is 5.11 Å². The molecule has 1 N–H and O–H groups in total. The van der Waals surface area contributed by atoms with Crippen LogP contribution in [0.5, 0.6) is 0 Å². The standard InChI is InChI=1S/C13H8Br2F2O/c14-9-5-7(1-3-11(9)16)13(18)8-2-4-12(17)10(15)6-8/h1-6,13,18H. The molecule has 0 fully saturated rings. The average Bonchev–Trinajstić information content (AvgIpc) is 2.35. The fourth-order valence-corrected chi connectivity index (χ4v) is 2.35. The molecule has 0 bridgehead atoms.